The molecule has 0 saturated heterocycles. The van der Waals surface area contributed by atoms with Crippen LogP contribution in [0.1, 0.15) is 16.8 Å². The fraction of sp³-hybridized carbons (Fsp3) is 0.0769. The van der Waals surface area contributed by atoms with Crippen LogP contribution in [-0.4, -0.2) is 21.2 Å². The monoisotopic (exact) mass is 272 g/mol. The number of carbonyl (C=O) groups excluding carboxylic acids is 1. The van der Waals surface area contributed by atoms with Crippen LogP contribution in [0.25, 0.3) is 0 Å². The fourth-order valence-corrected chi connectivity index (χ4v) is 1.61. The maximum Gasteiger partial charge on any atom is 0.150 e. The van der Waals surface area contributed by atoms with Crippen LogP contribution in [0.3, 0.4) is 0 Å². The minimum absolute atomic E-state index is 0.188. The first kappa shape index (κ1) is 13.0. The molecule has 0 aliphatic heterocycles. The first-order valence-electron chi connectivity index (χ1n) is 5.38. The number of halogens is 1. The first-order valence-corrected chi connectivity index (χ1v) is 5.75. The van der Waals surface area contributed by atoms with Crippen molar-refractivity contribution in [1.82, 2.24) is 15.0 Å². The smallest absolute Gasteiger partial charge is 0.150 e. The van der Waals surface area contributed by atoms with E-state index in [1.54, 1.807) is 18.3 Å². The Kier molecular flexibility index (Phi) is 4.06. The highest BCUT2D eigenvalue weighted by molar-refractivity contribution is 6.30. The van der Waals surface area contributed by atoms with Gasteiger partial charge in [-0.15, -0.1) is 0 Å². The summed E-state index contributed by atoms with van der Waals surface area (Å²) in [5.41, 5.74) is 7.28. The Morgan fingerprint density at radius 1 is 1.32 bits per heavy atom. The van der Waals surface area contributed by atoms with Crippen LogP contribution in [0.4, 0.5) is 5.82 Å². The zero-order chi connectivity index (χ0) is 13.7. The zero-order valence-corrected chi connectivity index (χ0v) is 10.6. The van der Waals surface area contributed by atoms with Gasteiger partial charge in [-0.25, -0.2) is 15.0 Å². The van der Waals surface area contributed by atoms with Gasteiger partial charge in [-0.1, -0.05) is 23.6 Å². The van der Waals surface area contributed by atoms with E-state index in [2.05, 4.69) is 26.8 Å². The first-order chi connectivity index (χ1) is 9.22. The summed E-state index contributed by atoms with van der Waals surface area (Å²) in [6, 6.07) is 3.54. The number of nitrogen functional groups attached to an aromatic ring is 1. The van der Waals surface area contributed by atoms with E-state index in [-0.39, 0.29) is 17.4 Å². The molecule has 2 N–H and O–H groups in total. The number of carbonyl (C=O) groups is 1. The van der Waals surface area contributed by atoms with Crippen molar-refractivity contribution in [3.05, 3.63) is 46.6 Å². The minimum Gasteiger partial charge on any atom is -0.383 e. The second kappa shape index (κ2) is 5.94. The number of hydrogen-bond donors (Lipinski definition) is 1. The van der Waals surface area contributed by atoms with Gasteiger partial charge < -0.3 is 10.5 Å². The van der Waals surface area contributed by atoms with Gasteiger partial charge in [0.1, 0.15) is 34.8 Å². The highest BCUT2D eigenvalue weighted by atomic mass is 35.5. The molecule has 94 valence electrons. The van der Waals surface area contributed by atoms with Gasteiger partial charge in [0, 0.05) is 12.6 Å². The number of pyridine rings is 1. The highest BCUT2D eigenvalue weighted by Crippen LogP contribution is 2.15. The van der Waals surface area contributed by atoms with Gasteiger partial charge in [0.2, 0.25) is 0 Å². The Bertz CT molecular complexity index is 656. The molecule has 0 radical (unpaired) electrons. The lowest BCUT2D eigenvalue weighted by Gasteiger charge is -1.99. The second-order valence-electron chi connectivity index (χ2n) is 3.56. The summed E-state index contributed by atoms with van der Waals surface area (Å²) in [5, 5.41) is 0.188. The minimum atomic E-state index is 0.188. The van der Waals surface area contributed by atoms with Crippen molar-refractivity contribution < 1.29 is 4.79 Å². The van der Waals surface area contributed by atoms with Crippen molar-refractivity contribution in [3.8, 4) is 11.8 Å². The molecule has 0 saturated carbocycles. The van der Waals surface area contributed by atoms with Crippen LogP contribution >= 0.6 is 11.6 Å². The normalized spacial score (nSPS) is 9.53. The van der Waals surface area contributed by atoms with E-state index in [0.29, 0.717) is 11.3 Å². The third kappa shape index (κ3) is 3.06. The standard InChI is InChI=1S/C13H9ClN4O/c14-12-10(13(15)18-8-17-12)3-4-11-9(5-7-19)2-1-6-16-11/h1-2,6-8H,5H2,(H2,15,17,18). The third-order valence-corrected chi connectivity index (χ3v) is 2.62. The van der Waals surface area contributed by atoms with Crippen molar-refractivity contribution >= 4 is 23.7 Å². The molecule has 0 bridgehead atoms. The Morgan fingerprint density at radius 3 is 2.89 bits per heavy atom. The zero-order valence-electron chi connectivity index (χ0n) is 9.80. The van der Waals surface area contributed by atoms with E-state index >= 15 is 0 Å². The van der Waals surface area contributed by atoms with Crippen molar-refractivity contribution in [2.24, 2.45) is 0 Å². The number of hydrogen-bond acceptors (Lipinski definition) is 5. The summed E-state index contributed by atoms with van der Waals surface area (Å²) in [6.07, 6.45) is 3.92. The molecular formula is C13H9ClN4O. The lowest BCUT2D eigenvalue weighted by Crippen LogP contribution is -1.97. The largest absolute Gasteiger partial charge is 0.383 e. The number of nitrogens with two attached hydrogens (primary N) is 1. The third-order valence-electron chi connectivity index (χ3n) is 2.33. The van der Waals surface area contributed by atoms with Gasteiger partial charge in [0.25, 0.3) is 0 Å². The van der Waals surface area contributed by atoms with Gasteiger partial charge in [0.05, 0.1) is 0 Å². The van der Waals surface area contributed by atoms with Crippen LogP contribution in [0, 0.1) is 11.8 Å². The maximum atomic E-state index is 10.6. The molecule has 2 rings (SSSR count). The summed E-state index contributed by atoms with van der Waals surface area (Å²) in [7, 11) is 0. The van der Waals surface area contributed by atoms with Crippen LogP contribution in [0.15, 0.2) is 24.7 Å². The van der Waals surface area contributed by atoms with Crippen molar-refractivity contribution in [1.29, 1.82) is 0 Å². The lowest BCUT2D eigenvalue weighted by molar-refractivity contribution is -0.107. The van der Waals surface area contributed by atoms with Gasteiger partial charge in [-0.05, 0) is 17.6 Å². The Balaban J connectivity index is 2.42. The van der Waals surface area contributed by atoms with Gasteiger partial charge in [-0.3, -0.25) is 0 Å². The molecule has 0 aliphatic carbocycles. The molecule has 0 fully saturated rings. The number of nitrogens with zero attached hydrogens (tertiary/aromatic N) is 3. The van der Waals surface area contributed by atoms with E-state index in [4.69, 9.17) is 17.3 Å². The topological polar surface area (TPSA) is 81.8 Å². The van der Waals surface area contributed by atoms with Crippen LogP contribution in [0.5, 0.6) is 0 Å². The molecule has 0 amide bonds. The molecule has 19 heavy (non-hydrogen) atoms. The SMILES string of the molecule is Nc1ncnc(Cl)c1C#Cc1ncccc1CC=O. The molecule has 2 heterocycles. The molecule has 0 spiro atoms. The number of rotatable bonds is 2. The summed E-state index contributed by atoms with van der Waals surface area (Å²) < 4.78 is 0. The second-order valence-corrected chi connectivity index (χ2v) is 3.91. The van der Waals surface area contributed by atoms with Crippen LogP contribution in [-0.2, 0) is 11.2 Å². The lowest BCUT2D eigenvalue weighted by atomic mass is 10.1. The van der Waals surface area contributed by atoms with E-state index in [0.717, 1.165) is 11.8 Å². The predicted octanol–water partition coefficient (Wildman–Crippen LogP) is 1.25. The number of aldehydes is 1. The number of anilines is 1. The summed E-state index contributed by atoms with van der Waals surface area (Å²) in [5.74, 6) is 5.83. The molecule has 0 aliphatic rings. The molecule has 6 heteroatoms. The average Bonchev–Trinajstić information content (AvgIpc) is 2.40. The highest BCUT2D eigenvalue weighted by Gasteiger charge is 2.04. The molecule has 5 nitrogen and oxygen atoms in total. The van der Waals surface area contributed by atoms with Crippen LogP contribution in [0.2, 0.25) is 5.15 Å². The molecule has 2 aromatic rings. The fourth-order valence-electron chi connectivity index (χ4n) is 1.42. The Hall–Kier alpha value is -2.45. The Morgan fingerprint density at radius 2 is 2.16 bits per heavy atom. The van der Waals surface area contributed by atoms with Crippen molar-refractivity contribution in [3.63, 3.8) is 0 Å². The van der Waals surface area contributed by atoms with Gasteiger partial charge in [-0.2, -0.15) is 0 Å². The molecule has 0 unspecified atom stereocenters. The van der Waals surface area contributed by atoms with E-state index in [1.807, 2.05) is 0 Å². The van der Waals surface area contributed by atoms with Gasteiger partial charge in [0.15, 0.2) is 0 Å². The quantitative estimate of drug-likeness (QED) is 0.505. The summed E-state index contributed by atoms with van der Waals surface area (Å²) in [6.45, 7) is 0. The Labute approximate surface area is 114 Å². The van der Waals surface area contributed by atoms with Crippen LogP contribution < -0.4 is 5.73 Å². The predicted molar refractivity (Wildman–Crippen MR) is 71.4 cm³/mol. The molecule has 0 atom stereocenters. The molecule has 2 aromatic heterocycles. The van der Waals surface area contributed by atoms with Crippen molar-refractivity contribution in [2.75, 3.05) is 5.73 Å². The van der Waals surface area contributed by atoms with Crippen molar-refractivity contribution in [2.45, 2.75) is 6.42 Å². The molecule has 0 aromatic carbocycles. The van der Waals surface area contributed by atoms with E-state index < -0.39 is 0 Å². The summed E-state index contributed by atoms with van der Waals surface area (Å²) >= 11 is 5.89. The number of aromatic nitrogens is 3. The summed E-state index contributed by atoms with van der Waals surface area (Å²) in [4.78, 5) is 22.3. The molecular weight excluding hydrogens is 264 g/mol. The van der Waals surface area contributed by atoms with E-state index in [1.165, 1.54) is 6.33 Å². The maximum absolute atomic E-state index is 10.6. The van der Waals surface area contributed by atoms with E-state index in [9.17, 15) is 4.79 Å². The average molecular weight is 273 g/mol. The van der Waals surface area contributed by atoms with Gasteiger partial charge >= 0.3 is 0 Å².